The van der Waals surface area contributed by atoms with E-state index in [0.717, 1.165) is 35.0 Å². The molecule has 0 aliphatic heterocycles. The fourth-order valence-electron chi connectivity index (χ4n) is 2.28. The average Bonchev–Trinajstić information content (AvgIpc) is 3.10. The zero-order chi connectivity index (χ0) is 14.9. The lowest BCUT2D eigenvalue weighted by molar-refractivity contribution is 0.379. The molecule has 1 fully saturated rings. The molecule has 0 saturated heterocycles. The van der Waals surface area contributed by atoms with Gasteiger partial charge in [0.2, 0.25) is 5.89 Å². The van der Waals surface area contributed by atoms with E-state index in [2.05, 4.69) is 27.7 Å². The summed E-state index contributed by atoms with van der Waals surface area (Å²) in [6.45, 7) is 0.674. The molecule has 1 aromatic carbocycles. The lowest BCUT2D eigenvalue weighted by Crippen LogP contribution is -2.18. The second-order valence-electron chi connectivity index (χ2n) is 5.57. The third-order valence-electron chi connectivity index (χ3n) is 3.67. The summed E-state index contributed by atoms with van der Waals surface area (Å²) >= 11 is 1.66. The molecule has 6 heteroatoms. The van der Waals surface area contributed by atoms with E-state index < -0.39 is 0 Å². The summed E-state index contributed by atoms with van der Waals surface area (Å²) in [5, 5.41) is 7.18. The quantitative estimate of drug-likeness (QED) is 0.719. The van der Waals surface area contributed by atoms with Crippen molar-refractivity contribution in [2.45, 2.75) is 25.3 Å². The zero-order valence-electron chi connectivity index (χ0n) is 12.3. The van der Waals surface area contributed by atoms with Crippen molar-refractivity contribution < 1.29 is 4.52 Å². The van der Waals surface area contributed by atoms with Gasteiger partial charge >= 0.3 is 0 Å². The third-order valence-corrected chi connectivity index (χ3v) is 4.61. The first kappa shape index (κ1) is 13.5. The van der Waals surface area contributed by atoms with Crippen LogP contribution in [0.25, 0.3) is 10.6 Å². The predicted octanol–water partition coefficient (Wildman–Crippen LogP) is 3.71. The number of thiazole rings is 1. The first-order valence-corrected chi connectivity index (χ1v) is 8.22. The molecule has 1 saturated carbocycles. The van der Waals surface area contributed by atoms with Gasteiger partial charge in [0.15, 0.2) is 0 Å². The number of aromatic nitrogens is 3. The first-order valence-electron chi connectivity index (χ1n) is 7.34. The number of hydrogen-bond acceptors (Lipinski definition) is 6. The van der Waals surface area contributed by atoms with E-state index in [0.29, 0.717) is 18.4 Å². The Morgan fingerprint density at radius 2 is 2.05 bits per heavy atom. The molecule has 2 aromatic heterocycles. The van der Waals surface area contributed by atoms with Crippen molar-refractivity contribution in [2.75, 3.05) is 11.9 Å². The van der Waals surface area contributed by atoms with Crippen molar-refractivity contribution in [2.24, 2.45) is 0 Å². The van der Waals surface area contributed by atoms with Gasteiger partial charge in [-0.25, -0.2) is 4.98 Å². The topological polar surface area (TPSA) is 55.1 Å². The van der Waals surface area contributed by atoms with E-state index >= 15 is 0 Å². The standard InChI is InChI=1S/C16H16N4OS/c1-20(16-18-14(21-19-16)11-7-8-11)9-13-10-22-15(17-13)12-5-3-2-4-6-12/h2-6,10-11H,7-9H2,1H3. The smallest absolute Gasteiger partial charge is 0.266 e. The van der Waals surface area contributed by atoms with Crippen molar-refractivity contribution >= 4 is 17.3 Å². The molecule has 0 radical (unpaired) electrons. The van der Waals surface area contributed by atoms with Crippen molar-refractivity contribution in [1.29, 1.82) is 0 Å². The molecule has 112 valence electrons. The van der Waals surface area contributed by atoms with Crippen molar-refractivity contribution in [1.82, 2.24) is 15.1 Å². The molecule has 1 aliphatic rings. The van der Waals surface area contributed by atoms with Crippen LogP contribution in [0, 0.1) is 0 Å². The molecule has 0 amide bonds. The molecule has 0 atom stereocenters. The number of hydrogen-bond donors (Lipinski definition) is 0. The van der Waals surface area contributed by atoms with Crippen LogP contribution < -0.4 is 4.90 Å². The van der Waals surface area contributed by atoms with Crippen LogP contribution >= 0.6 is 11.3 Å². The molecule has 1 aliphatic carbocycles. The van der Waals surface area contributed by atoms with Crippen molar-refractivity contribution in [3.63, 3.8) is 0 Å². The average molecular weight is 312 g/mol. The number of benzene rings is 1. The predicted molar refractivity (Wildman–Crippen MR) is 85.9 cm³/mol. The van der Waals surface area contributed by atoms with Crippen LogP contribution in [0.15, 0.2) is 40.2 Å². The Labute approximate surface area is 132 Å². The zero-order valence-corrected chi connectivity index (χ0v) is 13.1. The Morgan fingerprint density at radius 3 is 2.82 bits per heavy atom. The molecule has 22 heavy (non-hydrogen) atoms. The fourth-order valence-corrected chi connectivity index (χ4v) is 3.10. The maximum atomic E-state index is 5.30. The lowest BCUT2D eigenvalue weighted by atomic mass is 10.2. The monoisotopic (exact) mass is 312 g/mol. The summed E-state index contributed by atoms with van der Waals surface area (Å²) in [4.78, 5) is 11.1. The van der Waals surface area contributed by atoms with Crippen LogP contribution in [0.5, 0.6) is 0 Å². The molecule has 0 unspecified atom stereocenters. The fraction of sp³-hybridized carbons (Fsp3) is 0.312. The number of rotatable bonds is 5. The second kappa shape index (κ2) is 5.53. The normalized spacial score (nSPS) is 14.2. The van der Waals surface area contributed by atoms with E-state index in [1.807, 2.05) is 30.1 Å². The Bertz CT molecular complexity index is 763. The number of nitrogens with zero attached hydrogens (tertiary/aromatic N) is 4. The highest BCUT2D eigenvalue weighted by Crippen LogP contribution is 2.39. The van der Waals surface area contributed by atoms with Crippen LogP contribution in [0.3, 0.4) is 0 Å². The summed E-state index contributed by atoms with van der Waals surface area (Å²) in [6, 6.07) is 10.2. The molecule has 5 nitrogen and oxygen atoms in total. The molecular formula is C16H16N4OS. The molecule has 2 heterocycles. The van der Waals surface area contributed by atoms with E-state index in [1.165, 1.54) is 0 Å². The Kier molecular flexibility index (Phi) is 3.38. The van der Waals surface area contributed by atoms with Gasteiger partial charge < -0.3 is 9.42 Å². The SMILES string of the molecule is CN(Cc1csc(-c2ccccc2)n1)c1noc(C2CC2)n1. The Balaban J connectivity index is 1.47. The van der Waals surface area contributed by atoms with E-state index in [4.69, 9.17) is 9.51 Å². The third kappa shape index (κ3) is 2.74. The van der Waals surface area contributed by atoms with Crippen molar-refractivity contribution in [3.8, 4) is 10.6 Å². The van der Waals surface area contributed by atoms with Crippen LogP contribution in [-0.2, 0) is 6.54 Å². The van der Waals surface area contributed by atoms with Crippen LogP contribution in [0.4, 0.5) is 5.95 Å². The van der Waals surface area contributed by atoms with Gasteiger partial charge in [-0.05, 0) is 18.0 Å². The molecule has 3 aromatic rings. The Hall–Kier alpha value is -2.21. The van der Waals surface area contributed by atoms with Gasteiger partial charge in [0.05, 0.1) is 12.2 Å². The summed E-state index contributed by atoms with van der Waals surface area (Å²) in [5.74, 6) is 1.89. The number of anilines is 1. The van der Waals surface area contributed by atoms with Gasteiger partial charge in [0, 0.05) is 23.9 Å². The molecule has 0 N–H and O–H groups in total. The van der Waals surface area contributed by atoms with Crippen molar-refractivity contribution in [3.05, 3.63) is 47.3 Å². The largest absolute Gasteiger partial charge is 0.337 e. The van der Waals surface area contributed by atoms with Gasteiger partial charge in [-0.15, -0.1) is 11.3 Å². The van der Waals surface area contributed by atoms with E-state index in [1.54, 1.807) is 11.3 Å². The van der Waals surface area contributed by atoms with Crippen LogP contribution in [0.2, 0.25) is 0 Å². The van der Waals surface area contributed by atoms with Gasteiger partial charge in [-0.1, -0.05) is 30.3 Å². The minimum atomic E-state index is 0.485. The van der Waals surface area contributed by atoms with Gasteiger partial charge in [0.25, 0.3) is 5.95 Å². The Morgan fingerprint density at radius 1 is 1.23 bits per heavy atom. The molecule has 0 bridgehead atoms. The van der Waals surface area contributed by atoms with E-state index in [-0.39, 0.29) is 0 Å². The summed E-state index contributed by atoms with van der Waals surface area (Å²) in [5.41, 5.74) is 2.17. The minimum Gasteiger partial charge on any atom is -0.337 e. The summed E-state index contributed by atoms with van der Waals surface area (Å²) < 4.78 is 5.30. The van der Waals surface area contributed by atoms with E-state index in [9.17, 15) is 0 Å². The minimum absolute atomic E-state index is 0.485. The highest BCUT2D eigenvalue weighted by atomic mass is 32.1. The summed E-state index contributed by atoms with van der Waals surface area (Å²) in [6.07, 6.45) is 2.33. The highest BCUT2D eigenvalue weighted by molar-refractivity contribution is 7.13. The van der Waals surface area contributed by atoms with Crippen LogP contribution in [0.1, 0.15) is 30.3 Å². The maximum Gasteiger partial charge on any atom is 0.266 e. The van der Waals surface area contributed by atoms with Crippen LogP contribution in [-0.4, -0.2) is 22.2 Å². The summed E-state index contributed by atoms with van der Waals surface area (Å²) in [7, 11) is 1.96. The molecule has 0 spiro atoms. The van der Waals surface area contributed by atoms with Gasteiger partial charge in [-0.3, -0.25) is 0 Å². The van der Waals surface area contributed by atoms with Gasteiger partial charge in [-0.2, -0.15) is 4.98 Å². The molecule has 4 rings (SSSR count). The van der Waals surface area contributed by atoms with Gasteiger partial charge in [0.1, 0.15) is 5.01 Å². The first-order chi connectivity index (χ1) is 10.8. The second-order valence-corrected chi connectivity index (χ2v) is 6.43. The molecular weight excluding hydrogens is 296 g/mol. The lowest BCUT2D eigenvalue weighted by Gasteiger charge is -2.11. The maximum absolute atomic E-state index is 5.30. The highest BCUT2D eigenvalue weighted by Gasteiger charge is 2.30.